The van der Waals surface area contributed by atoms with E-state index in [0.717, 1.165) is 22.1 Å². The molecule has 0 saturated carbocycles. The van der Waals surface area contributed by atoms with Crippen LogP contribution in [0.4, 0.5) is 11.4 Å². The van der Waals surface area contributed by atoms with Crippen molar-refractivity contribution < 1.29 is 19.1 Å². The van der Waals surface area contributed by atoms with E-state index in [2.05, 4.69) is 11.4 Å². The molecule has 1 fully saturated rings. The van der Waals surface area contributed by atoms with Crippen molar-refractivity contribution in [1.29, 1.82) is 0 Å². The van der Waals surface area contributed by atoms with E-state index in [1.54, 1.807) is 48.5 Å². The summed E-state index contributed by atoms with van der Waals surface area (Å²) in [6.07, 6.45) is 3.22. The van der Waals surface area contributed by atoms with Crippen molar-refractivity contribution in [2.75, 3.05) is 10.2 Å². The van der Waals surface area contributed by atoms with Crippen molar-refractivity contribution >= 4 is 39.9 Å². The Bertz CT molecular complexity index is 1610. The van der Waals surface area contributed by atoms with E-state index in [9.17, 15) is 14.4 Å². The molecule has 4 aromatic rings. The number of nitrogens with one attached hydrogen (secondary N) is 1. The Morgan fingerprint density at radius 1 is 0.816 bits per heavy atom. The average molecular weight is 503 g/mol. The molecule has 2 aliphatic rings. The highest BCUT2D eigenvalue weighted by Gasteiger charge is 2.48. The maximum Gasteiger partial charge on any atom is 0.255 e. The average Bonchev–Trinajstić information content (AvgIpc) is 3.18. The van der Waals surface area contributed by atoms with Gasteiger partial charge in [-0.25, -0.2) is 0 Å². The number of allylic oxidation sites excluding steroid dienone is 2. The molecule has 6 rings (SSSR count). The number of anilines is 2. The van der Waals surface area contributed by atoms with Gasteiger partial charge in [-0.15, -0.1) is 0 Å². The number of imide groups is 1. The molecule has 188 valence electrons. The Morgan fingerprint density at radius 2 is 1.55 bits per heavy atom. The number of benzene rings is 4. The molecule has 0 aromatic heterocycles. The first-order valence-electron chi connectivity index (χ1n) is 12.7. The normalized spacial score (nSPS) is 18.8. The summed E-state index contributed by atoms with van der Waals surface area (Å²) >= 11 is 0. The zero-order valence-electron chi connectivity index (χ0n) is 20.9. The molecule has 1 aliphatic heterocycles. The van der Waals surface area contributed by atoms with Crippen LogP contribution in [0.5, 0.6) is 11.5 Å². The third-order valence-corrected chi connectivity index (χ3v) is 7.26. The second kappa shape index (κ2) is 9.63. The van der Waals surface area contributed by atoms with Gasteiger partial charge in [-0.2, -0.15) is 0 Å². The van der Waals surface area contributed by atoms with Crippen LogP contribution in [-0.4, -0.2) is 17.7 Å². The van der Waals surface area contributed by atoms with Crippen LogP contribution in [-0.2, 0) is 9.59 Å². The van der Waals surface area contributed by atoms with Gasteiger partial charge in [-0.05, 0) is 85.1 Å². The van der Waals surface area contributed by atoms with Gasteiger partial charge in [0.25, 0.3) is 5.91 Å². The van der Waals surface area contributed by atoms with Crippen molar-refractivity contribution in [3.05, 3.63) is 108 Å². The largest absolute Gasteiger partial charge is 0.457 e. The minimum atomic E-state index is -0.330. The van der Waals surface area contributed by atoms with Gasteiger partial charge in [-0.3, -0.25) is 19.3 Å². The summed E-state index contributed by atoms with van der Waals surface area (Å²) < 4.78 is 5.98. The Kier molecular flexibility index (Phi) is 6.00. The molecule has 38 heavy (non-hydrogen) atoms. The second-order valence-corrected chi connectivity index (χ2v) is 9.86. The molecule has 0 radical (unpaired) electrons. The van der Waals surface area contributed by atoms with E-state index >= 15 is 0 Å². The van der Waals surface area contributed by atoms with Crippen LogP contribution in [0.25, 0.3) is 10.8 Å². The fourth-order valence-electron chi connectivity index (χ4n) is 5.25. The lowest BCUT2D eigenvalue weighted by atomic mass is 9.82. The molecule has 6 heteroatoms. The highest BCUT2D eigenvalue weighted by Crippen LogP contribution is 2.40. The van der Waals surface area contributed by atoms with Gasteiger partial charge in [0.15, 0.2) is 0 Å². The van der Waals surface area contributed by atoms with E-state index in [1.165, 1.54) is 4.90 Å². The smallest absolute Gasteiger partial charge is 0.255 e. The molecule has 4 aromatic carbocycles. The van der Waals surface area contributed by atoms with Crippen LogP contribution in [0.15, 0.2) is 103 Å². The Labute approximate surface area is 220 Å². The summed E-state index contributed by atoms with van der Waals surface area (Å²) in [5, 5.41) is 5.12. The number of fused-ring (bicyclic) bond motifs is 2. The molecule has 1 heterocycles. The zero-order chi connectivity index (χ0) is 26.2. The Balaban J connectivity index is 1.14. The summed E-state index contributed by atoms with van der Waals surface area (Å²) in [7, 11) is 0. The van der Waals surface area contributed by atoms with Crippen molar-refractivity contribution in [2.24, 2.45) is 11.8 Å². The molecule has 3 amide bonds. The number of hydrogen-bond donors (Lipinski definition) is 1. The first-order valence-corrected chi connectivity index (χ1v) is 12.7. The summed E-state index contributed by atoms with van der Waals surface area (Å²) in [6, 6.07) is 27.8. The van der Waals surface area contributed by atoms with E-state index in [1.807, 2.05) is 49.4 Å². The minimum absolute atomic E-state index is 0.188. The van der Waals surface area contributed by atoms with E-state index in [0.29, 0.717) is 35.5 Å². The SMILES string of the molecule is CC1=CC[C@H]2C(=O)N(c3cccc(C(=O)Nc4ccc(Oc5ccc6ccccc6c5)cc4)c3)C(=O)[C@@H]2C1. The lowest BCUT2D eigenvalue weighted by Crippen LogP contribution is -2.31. The quantitative estimate of drug-likeness (QED) is 0.243. The minimum Gasteiger partial charge on any atom is -0.457 e. The molecule has 1 N–H and O–H groups in total. The van der Waals surface area contributed by atoms with Crippen LogP contribution < -0.4 is 15.0 Å². The number of carbonyl (C=O) groups excluding carboxylic acids is 3. The van der Waals surface area contributed by atoms with Gasteiger partial charge in [-0.1, -0.05) is 48.0 Å². The summed E-state index contributed by atoms with van der Waals surface area (Å²) in [5.41, 5.74) is 2.53. The molecule has 1 saturated heterocycles. The zero-order valence-corrected chi connectivity index (χ0v) is 20.9. The number of carbonyl (C=O) groups is 3. The van der Waals surface area contributed by atoms with Gasteiger partial charge in [0, 0.05) is 11.3 Å². The predicted octanol–water partition coefficient (Wildman–Crippen LogP) is 6.73. The van der Waals surface area contributed by atoms with Crippen LogP contribution in [0, 0.1) is 11.8 Å². The maximum absolute atomic E-state index is 13.1. The van der Waals surface area contributed by atoms with Crippen LogP contribution in [0.2, 0.25) is 0 Å². The molecule has 0 bridgehead atoms. The topological polar surface area (TPSA) is 75.7 Å². The van der Waals surface area contributed by atoms with Gasteiger partial charge >= 0.3 is 0 Å². The number of hydrogen-bond acceptors (Lipinski definition) is 4. The van der Waals surface area contributed by atoms with Crippen molar-refractivity contribution in [3.8, 4) is 11.5 Å². The summed E-state index contributed by atoms with van der Waals surface area (Å²) in [6.45, 7) is 1.99. The number of ether oxygens (including phenoxy) is 1. The lowest BCUT2D eigenvalue weighted by molar-refractivity contribution is -0.122. The number of rotatable bonds is 5. The monoisotopic (exact) mass is 502 g/mol. The van der Waals surface area contributed by atoms with Gasteiger partial charge in [0.05, 0.1) is 17.5 Å². The summed E-state index contributed by atoms with van der Waals surface area (Å²) in [5.74, 6) is 0.0327. The standard InChI is InChI=1S/C32H26N2O4/c1-20-9-16-28-29(17-20)32(37)34(31(28)36)25-8-4-7-23(18-25)30(35)33-24-11-14-26(15-12-24)38-27-13-10-21-5-2-3-6-22(21)19-27/h2-15,18-19,28-29H,16-17H2,1H3,(H,33,35)/t28-,29-/m1/s1. The van der Waals surface area contributed by atoms with E-state index in [4.69, 9.17) is 4.74 Å². The molecule has 0 spiro atoms. The maximum atomic E-state index is 13.1. The Hall–Kier alpha value is -4.71. The molecule has 1 aliphatic carbocycles. The third-order valence-electron chi connectivity index (χ3n) is 7.26. The predicted molar refractivity (Wildman–Crippen MR) is 147 cm³/mol. The van der Waals surface area contributed by atoms with Gasteiger partial charge in [0.1, 0.15) is 11.5 Å². The van der Waals surface area contributed by atoms with Gasteiger partial charge < -0.3 is 10.1 Å². The van der Waals surface area contributed by atoms with Crippen molar-refractivity contribution in [2.45, 2.75) is 19.8 Å². The fraction of sp³-hybridized carbons (Fsp3) is 0.156. The van der Waals surface area contributed by atoms with Crippen LogP contribution >= 0.6 is 0 Å². The van der Waals surface area contributed by atoms with E-state index in [-0.39, 0.29) is 29.6 Å². The first kappa shape index (κ1) is 23.7. The second-order valence-electron chi connectivity index (χ2n) is 9.86. The molecule has 6 nitrogen and oxygen atoms in total. The highest BCUT2D eigenvalue weighted by atomic mass is 16.5. The molecular formula is C32H26N2O4. The molecule has 2 atom stereocenters. The molecular weight excluding hydrogens is 476 g/mol. The highest BCUT2D eigenvalue weighted by molar-refractivity contribution is 6.22. The lowest BCUT2D eigenvalue weighted by Gasteiger charge is -2.18. The fourth-order valence-corrected chi connectivity index (χ4v) is 5.25. The van der Waals surface area contributed by atoms with E-state index < -0.39 is 0 Å². The van der Waals surface area contributed by atoms with Gasteiger partial charge in [0.2, 0.25) is 11.8 Å². The molecule has 0 unspecified atom stereocenters. The van der Waals surface area contributed by atoms with Crippen molar-refractivity contribution in [3.63, 3.8) is 0 Å². The Morgan fingerprint density at radius 3 is 2.37 bits per heavy atom. The number of amides is 3. The van der Waals surface area contributed by atoms with Crippen LogP contribution in [0.3, 0.4) is 0 Å². The number of nitrogens with zero attached hydrogens (tertiary/aromatic N) is 1. The van der Waals surface area contributed by atoms with Crippen LogP contribution in [0.1, 0.15) is 30.1 Å². The summed E-state index contributed by atoms with van der Waals surface area (Å²) in [4.78, 5) is 40.3. The van der Waals surface area contributed by atoms with Crippen molar-refractivity contribution in [1.82, 2.24) is 0 Å². The first-order chi connectivity index (χ1) is 18.5. The third kappa shape index (κ3) is 4.45.